The summed E-state index contributed by atoms with van der Waals surface area (Å²) in [5, 5.41) is 6.56. The molecule has 0 saturated carbocycles. The predicted octanol–water partition coefficient (Wildman–Crippen LogP) is 1.77. The zero-order chi connectivity index (χ0) is 12.1. The van der Waals surface area contributed by atoms with Crippen molar-refractivity contribution in [2.45, 2.75) is 39.5 Å². The van der Waals surface area contributed by atoms with Crippen LogP contribution in [0.15, 0.2) is 4.99 Å². The fourth-order valence-corrected chi connectivity index (χ4v) is 1.32. The average Bonchev–Trinajstić information content (AvgIpc) is 2.30. The van der Waals surface area contributed by atoms with E-state index in [1.165, 1.54) is 12.8 Å². The molecule has 0 heterocycles. The normalized spacial score (nSPS) is 11.6. The molecular weight excluding hydrogens is 202 g/mol. The van der Waals surface area contributed by atoms with Gasteiger partial charge in [-0.1, -0.05) is 6.92 Å². The Labute approximate surface area is 99.9 Å². The van der Waals surface area contributed by atoms with Gasteiger partial charge in [0.05, 0.1) is 0 Å². The number of aliphatic imine (C=N–C) groups is 1. The number of ether oxygens (including phenoxy) is 1. The third kappa shape index (κ3) is 9.77. The Kier molecular flexibility index (Phi) is 11.7. The Morgan fingerprint density at radius 1 is 1.12 bits per heavy atom. The lowest BCUT2D eigenvalue weighted by Crippen LogP contribution is -2.37. The van der Waals surface area contributed by atoms with Gasteiger partial charge in [0.15, 0.2) is 5.96 Å². The Balaban J connectivity index is 3.51. The lowest BCUT2D eigenvalue weighted by Gasteiger charge is -2.10. The minimum Gasteiger partial charge on any atom is -0.385 e. The van der Waals surface area contributed by atoms with Crippen molar-refractivity contribution >= 4 is 5.96 Å². The van der Waals surface area contributed by atoms with E-state index < -0.39 is 0 Å². The monoisotopic (exact) mass is 229 g/mol. The molecule has 0 rings (SSSR count). The summed E-state index contributed by atoms with van der Waals surface area (Å²) in [5.41, 5.74) is 0. The first-order chi connectivity index (χ1) is 7.85. The second kappa shape index (κ2) is 12.3. The second-order valence-electron chi connectivity index (χ2n) is 3.74. The Morgan fingerprint density at radius 2 is 1.94 bits per heavy atom. The van der Waals surface area contributed by atoms with Crippen LogP contribution in [0.5, 0.6) is 0 Å². The van der Waals surface area contributed by atoms with Crippen molar-refractivity contribution in [3.63, 3.8) is 0 Å². The van der Waals surface area contributed by atoms with Crippen LogP contribution < -0.4 is 10.6 Å². The summed E-state index contributed by atoms with van der Waals surface area (Å²) in [6.45, 7) is 7.88. The minimum absolute atomic E-state index is 0.865. The van der Waals surface area contributed by atoms with Crippen molar-refractivity contribution in [1.29, 1.82) is 0 Å². The SMILES string of the molecule is CCCN=C(NCC)NCCCCCOC. The summed E-state index contributed by atoms with van der Waals surface area (Å²) in [4.78, 5) is 4.44. The number of unbranched alkanes of at least 4 members (excludes halogenated alkanes) is 2. The minimum atomic E-state index is 0.865. The molecule has 0 fully saturated rings. The van der Waals surface area contributed by atoms with E-state index in [1.54, 1.807) is 7.11 Å². The largest absolute Gasteiger partial charge is 0.385 e. The predicted molar refractivity (Wildman–Crippen MR) is 70.0 cm³/mol. The lowest BCUT2D eigenvalue weighted by atomic mass is 10.2. The van der Waals surface area contributed by atoms with Gasteiger partial charge in [-0.15, -0.1) is 0 Å². The van der Waals surface area contributed by atoms with E-state index in [4.69, 9.17) is 4.74 Å². The van der Waals surface area contributed by atoms with Crippen molar-refractivity contribution in [2.24, 2.45) is 4.99 Å². The number of methoxy groups -OCH3 is 1. The molecule has 2 N–H and O–H groups in total. The molecule has 0 atom stereocenters. The summed E-state index contributed by atoms with van der Waals surface area (Å²) in [6.07, 6.45) is 4.60. The highest BCUT2D eigenvalue weighted by atomic mass is 16.5. The number of hydrogen-bond donors (Lipinski definition) is 2. The smallest absolute Gasteiger partial charge is 0.191 e. The molecule has 96 valence electrons. The molecule has 0 bridgehead atoms. The molecule has 0 radical (unpaired) electrons. The number of nitrogens with zero attached hydrogens (tertiary/aromatic N) is 1. The maximum absolute atomic E-state index is 5.00. The molecule has 0 unspecified atom stereocenters. The molecule has 16 heavy (non-hydrogen) atoms. The van der Waals surface area contributed by atoms with Crippen LogP contribution in [-0.4, -0.2) is 39.3 Å². The zero-order valence-corrected chi connectivity index (χ0v) is 11.0. The van der Waals surface area contributed by atoms with Crippen LogP contribution in [0, 0.1) is 0 Å². The first-order valence-corrected chi connectivity index (χ1v) is 6.36. The Hall–Kier alpha value is -0.770. The van der Waals surface area contributed by atoms with Crippen LogP contribution in [-0.2, 0) is 4.74 Å². The van der Waals surface area contributed by atoms with Gasteiger partial charge in [-0.25, -0.2) is 0 Å². The van der Waals surface area contributed by atoms with E-state index in [2.05, 4.69) is 29.5 Å². The molecule has 0 aromatic carbocycles. The Bertz CT molecular complexity index is 172. The summed E-state index contributed by atoms with van der Waals surface area (Å²) >= 11 is 0. The maximum atomic E-state index is 5.00. The number of hydrogen-bond acceptors (Lipinski definition) is 2. The third-order valence-electron chi connectivity index (χ3n) is 2.16. The molecule has 0 amide bonds. The van der Waals surface area contributed by atoms with Crippen molar-refractivity contribution in [3.8, 4) is 0 Å². The molecule has 4 nitrogen and oxygen atoms in total. The molecule has 0 saturated heterocycles. The van der Waals surface area contributed by atoms with Crippen molar-refractivity contribution < 1.29 is 4.74 Å². The maximum Gasteiger partial charge on any atom is 0.191 e. The zero-order valence-electron chi connectivity index (χ0n) is 11.0. The van der Waals surface area contributed by atoms with Gasteiger partial charge in [-0.3, -0.25) is 4.99 Å². The number of nitrogens with one attached hydrogen (secondary N) is 2. The van der Waals surface area contributed by atoms with E-state index in [9.17, 15) is 0 Å². The van der Waals surface area contributed by atoms with Crippen LogP contribution in [0.25, 0.3) is 0 Å². The summed E-state index contributed by atoms with van der Waals surface area (Å²) in [6, 6.07) is 0. The average molecular weight is 229 g/mol. The van der Waals surface area contributed by atoms with Crippen LogP contribution in [0.4, 0.5) is 0 Å². The molecule has 0 aromatic rings. The standard InChI is InChI=1S/C12H27N3O/c1-4-9-14-12(13-5-2)15-10-7-6-8-11-16-3/h4-11H2,1-3H3,(H2,13,14,15). The molecule has 0 aliphatic heterocycles. The van der Waals surface area contributed by atoms with Crippen LogP contribution >= 0.6 is 0 Å². The Morgan fingerprint density at radius 3 is 2.56 bits per heavy atom. The van der Waals surface area contributed by atoms with Gasteiger partial charge in [-0.2, -0.15) is 0 Å². The van der Waals surface area contributed by atoms with E-state index in [1.807, 2.05) is 0 Å². The van der Waals surface area contributed by atoms with Gasteiger partial charge in [0.25, 0.3) is 0 Å². The van der Waals surface area contributed by atoms with Gasteiger partial charge in [-0.05, 0) is 32.6 Å². The van der Waals surface area contributed by atoms with E-state index >= 15 is 0 Å². The first kappa shape index (κ1) is 15.2. The van der Waals surface area contributed by atoms with Crippen molar-refractivity contribution in [3.05, 3.63) is 0 Å². The molecular formula is C12H27N3O. The van der Waals surface area contributed by atoms with E-state index in [0.29, 0.717) is 0 Å². The van der Waals surface area contributed by atoms with Gasteiger partial charge in [0, 0.05) is 33.4 Å². The molecule has 4 heteroatoms. The van der Waals surface area contributed by atoms with Crippen LogP contribution in [0.1, 0.15) is 39.5 Å². The summed E-state index contributed by atoms with van der Waals surface area (Å²) in [5.74, 6) is 0.941. The van der Waals surface area contributed by atoms with E-state index in [0.717, 1.165) is 45.0 Å². The van der Waals surface area contributed by atoms with Gasteiger partial charge in [0.1, 0.15) is 0 Å². The van der Waals surface area contributed by atoms with Gasteiger partial charge < -0.3 is 15.4 Å². The third-order valence-corrected chi connectivity index (χ3v) is 2.16. The lowest BCUT2D eigenvalue weighted by molar-refractivity contribution is 0.192. The highest BCUT2D eigenvalue weighted by molar-refractivity contribution is 5.79. The van der Waals surface area contributed by atoms with Crippen LogP contribution in [0.3, 0.4) is 0 Å². The van der Waals surface area contributed by atoms with Crippen LogP contribution in [0.2, 0.25) is 0 Å². The topological polar surface area (TPSA) is 45.7 Å². The second-order valence-corrected chi connectivity index (χ2v) is 3.74. The first-order valence-electron chi connectivity index (χ1n) is 6.36. The fraction of sp³-hybridized carbons (Fsp3) is 0.917. The van der Waals surface area contributed by atoms with E-state index in [-0.39, 0.29) is 0 Å². The van der Waals surface area contributed by atoms with Gasteiger partial charge >= 0.3 is 0 Å². The summed E-state index contributed by atoms with van der Waals surface area (Å²) in [7, 11) is 1.75. The molecule has 0 spiro atoms. The number of rotatable bonds is 9. The number of guanidine groups is 1. The fourth-order valence-electron chi connectivity index (χ4n) is 1.32. The van der Waals surface area contributed by atoms with Crippen molar-refractivity contribution in [2.75, 3.05) is 33.4 Å². The summed E-state index contributed by atoms with van der Waals surface area (Å²) < 4.78 is 5.00. The highest BCUT2D eigenvalue weighted by Gasteiger charge is 1.95. The molecule has 0 aliphatic rings. The highest BCUT2D eigenvalue weighted by Crippen LogP contribution is 1.93. The van der Waals surface area contributed by atoms with Gasteiger partial charge in [0.2, 0.25) is 0 Å². The van der Waals surface area contributed by atoms with Crippen molar-refractivity contribution in [1.82, 2.24) is 10.6 Å². The quantitative estimate of drug-likeness (QED) is 0.360. The molecule has 0 aliphatic carbocycles. The molecule has 0 aromatic heterocycles.